The van der Waals surface area contributed by atoms with Gasteiger partial charge in [-0.3, -0.25) is 9.48 Å². The molecule has 0 aliphatic heterocycles. The normalized spacial score (nSPS) is 10.1. The molecule has 0 saturated carbocycles. The van der Waals surface area contributed by atoms with Crippen LogP contribution in [-0.4, -0.2) is 28.4 Å². The summed E-state index contributed by atoms with van der Waals surface area (Å²) in [4.78, 5) is 10.7. The fourth-order valence-electron chi connectivity index (χ4n) is 1.49. The molecule has 6 heteroatoms. The zero-order chi connectivity index (χ0) is 13.0. The summed E-state index contributed by atoms with van der Waals surface area (Å²) in [5, 5.41) is 7.71. The predicted octanol–water partition coefficient (Wildman–Crippen LogP) is 1.22. The van der Waals surface area contributed by atoms with Gasteiger partial charge < -0.3 is 9.47 Å². The topological polar surface area (TPSA) is 66.2 Å². The molecule has 1 heterocycles. The van der Waals surface area contributed by atoms with Crippen LogP contribution in [0.2, 0.25) is 0 Å². The van der Waals surface area contributed by atoms with Crippen LogP contribution in [0.15, 0.2) is 24.4 Å². The Balaban J connectivity index is 2.14. The number of nitrogens with zero attached hydrogens (tertiary/aromatic N) is 3. The van der Waals surface area contributed by atoms with Crippen molar-refractivity contribution in [3.8, 4) is 11.5 Å². The quantitative estimate of drug-likeness (QED) is 0.743. The minimum Gasteiger partial charge on any atom is -0.493 e. The first-order valence-corrected chi connectivity index (χ1v) is 5.34. The van der Waals surface area contributed by atoms with Crippen molar-refractivity contribution < 1.29 is 14.3 Å². The number of hydrogen-bond donors (Lipinski definition) is 0. The fourth-order valence-corrected chi connectivity index (χ4v) is 1.49. The van der Waals surface area contributed by atoms with Gasteiger partial charge in [0.05, 0.1) is 13.3 Å². The number of benzene rings is 1. The number of carbonyl (C=O) groups is 1. The number of rotatable bonds is 5. The van der Waals surface area contributed by atoms with E-state index >= 15 is 0 Å². The molecule has 0 saturated heterocycles. The van der Waals surface area contributed by atoms with E-state index in [1.54, 1.807) is 43.2 Å². The Morgan fingerprint density at radius 2 is 2.22 bits per heavy atom. The van der Waals surface area contributed by atoms with Crippen molar-refractivity contribution in [3.63, 3.8) is 0 Å². The number of methoxy groups -OCH3 is 1. The third-order valence-corrected chi connectivity index (χ3v) is 2.35. The Hall–Kier alpha value is -2.37. The lowest BCUT2D eigenvalue weighted by atomic mass is 10.2. The molecule has 18 heavy (non-hydrogen) atoms. The van der Waals surface area contributed by atoms with Gasteiger partial charge in [-0.15, -0.1) is 5.10 Å². The Kier molecular flexibility index (Phi) is 3.57. The molecule has 0 aliphatic carbocycles. The molecule has 0 radical (unpaired) electrons. The molecule has 0 amide bonds. The van der Waals surface area contributed by atoms with E-state index in [1.807, 2.05) is 0 Å². The molecule has 1 aromatic heterocycles. The van der Waals surface area contributed by atoms with Gasteiger partial charge in [-0.1, -0.05) is 5.21 Å². The van der Waals surface area contributed by atoms with E-state index in [0.29, 0.717) is 22.8 Å². The zero-order valence-electron chi connectivity index (χ0n) is 10.2. The van der Waals surface area contributed by atoms with Gasteiger partial charge in [-0.25, -0.2) is 0 Å². The molecule has 2 aromatic rings. The van der Waals surface area contributed by atoms with Crippen LogP contribution in [0.3, 0.4) is 0 Å². The second kappa shape index (κ2) is 5.31. The molecule has 2 rings (SSSR count). The lowest BCUT2D eigenvalue weighted by molar-refractivity contribution is 0.112. The highest BCUT2D eigenvalue weighted by atomic mass is 16.5. The monoisotopic (exact) mass is 247 g/mol. The molecule has 94 valence electrons. The maximum Gasteiger partial charge on any atom is 0.162 e. The summed E-state index contributed by atoms with van der Waals surface area (Å²) in [7, 11) is 3.33. The van der Waals surface area contributed by atoms with Gasteiger partial charge in [0.25, 0.3) is 0 Å². The first-order valence-electron chi connectivity index (χ1n) is 5.34. The minimum atomic E-state index is 0.270. The van der Waals surface area contributed by atoms with Crippen molar-refractivity contribution in [2.45, 2.75) is 6.61 Å². The van der Waals surface area contributed by atoms with Gasteiger partial charge in [0.1, 0.15) is 18.6 Å². The van der Waals surface area contributed by atoms with E-state index in [9.17, 15) is 4.79 Å². The SMILES string of the molecule is COc1ccc(C=O)cc1OCc1cn(C)nn1. The Morgan fingerprint density at radius 1 is 1.39 bits per heavy atom. The molecule has 0 aliphatic rings. The number of hydrogen-bond acceptors (Lipinski definition) is 5. The highest BCUT2D eigenvalue weighted by Gasteiger charge is 2.07. The molecule has 0 fully saturated rings. The van der Waals surface area contributed by atoms with Gasteiger partial charge in [0.2, 0.25) is 0 Å². The van der Waals surface area contributed by atoms with Crippen LogP contribution in [0, 0.1) is 0 Å². The zero-order valence-corrected chi connectivity index (χ0v) is 10.2. The first kappa shape index (κ1) is 12.1. The molecule has 0 N–H and O–H groups in total. The first-order chi connectivity index (χ1) is 8.72. The Labute approximate surface area is 104 Å². The third-order valence-electron chi connectivity index (χ3n) is 2.35. The summed E-state index contributed by atoms with van der Waals surface area (Å²) in [6, 6.07) is 4.99. The molecule has 1 aromatic carbocycles. The average molecular weight is 247 g/mol. The summed E-state index contributed by atoms with van der Waals surface area (Å²) in [5.74, 6) is 1.08. The van der Waals surface area contributed by atoms with Gasteiger partial charge >= 0.3 is 0 Å². The summed E-state index contributed by atoms with van der Waals surface area (Å²) >= 11 is 0. The van der Waals surface area contributed by atoms with Crippen molar-refractivity contribution in [3.05, 3.63) is 35.7 Å². The smallest absolute Gasteiger partial charge is 0.162 e. The maximum absolute atomic E-state index is 10.7. The number of carbonyl (C=O) groups excluding carboxylic acids is 1. The van der Waals surface area contributed by atoms with E-state index in [0.717, 1.165) is 6.29 Å². The van der Waals surface area contributed by atoms with Crippen LogP contribution >= 0.6 is 0 Å². The van der Waals surface area contributed by atoms with Crippen LogP contribution in [-0.2, 0) is 13.7 Å². The maximum atomic E-state index is 10.7. The second-order valence-electron chi connectivity index (χ2n) is 3.70. The van der Waals surface area contributed by atoms with Gasteiger partial charge in [0.15, 0.2) is 11.5 Å². The highest BCUT2D eigenvalue weighted by molar-refractivity contribution is 5.76. The molecule has 0 bridgehead atoms. The van der Waals surface area contributed by atoms with E-state index in [2.05, 4.69) is 10.3 Å². The van der Waals surface area contributed by atoms with E-state index < -0.39 is 0 Å². The average Bonchev–Trinajstić information content (AvgIpc) is 2.81. The Morgan fingerprint density at radius 3 is 2.83 bits per heavy atom. The van der Waals surface area contributed by atoms with Crippen molar-refractivity contribution in [1.82, 2.24) is 15.0 Å². The largest absolute Gasteiger partial charge is 0.493 e. The lowest BCUT2D eigenvalue weighted by Gasteiger charge is -2.09. The molecule has 0 unspecified atom stereocenters. The van der Waals surface area contributed by atoms with E-state index in [-0.39, 0.29) is 6.61 Å². The summed E-state index contributed by atoms with van der Waals surface area (Å²) in [6.45, 7) is 0.270. The fraction of sp³-hybridized carbons (Fsp3) is 0.250. The van der Waals surface area contributed by atoms with Gasteiger partial charge in [-0.2, -0.15) is 0 Å². The van der Waals surface area contributed by atoms with Crippen molar-refractivity contribution >= 4 is 6.29 Å². The molecule has 6 nitrogen and oxygen atoms in total. The van der Waals surface area contributed by atoms with Crippen LogP contribution < -0.4 is 9.47 Å². The van der Waals surface area contributed by atoms with Crippen molar-refractivity contribution in [2.24, 2.45) is 7.05 Å². The standard InChI is InChI=1S/C12H13N3O3/c1-15-6-10(13-14-15)8-18-12-5-9(7-16)3-4-11(12)17-2/h3-7H,8H2,1-2H3. The summed E-state index contributed by atoms with van der Waals surface area (Å²) in [5.41, 5.74) is 1.24. The number of ether oxygens (including phenoxy) is 2. The summed E-state index contributed by atoms with van der Waals surface area (Å²) < 4.78 is 12.3. The van der Waals surface area contributed by atoms with Crippen molar-refractivity contribution in [2.75, 3.05) is 7.11 Å². The number of aryl methyl sites for hydroxylation is 1. The van der Waals surface area contributed by atoms with Crippen LogP contribution in [0.5, 0.6) is 11.5 Å². The van der Waals surface area contributed by atoms with Crippen molar-refractivity contribution in [1.29, 1.82) is 0 Å². The van der Waals surface area contributed by atoms with Crippen LogP contribution in [0.25, 0.3) is 0 Å². The molecular formula is C12H13N3O3. The highest BCUT2D eigenvalue weighted by Crippen LogP contribution is 2.28. The number of aldehydes is 1. The van der Waals surface area contributed by atoms with E-state index in [1.165, 1.54) is 0 Å². The lowest BCUT2D eigenvalue weighted by Crippen LogP contribution is -1.99. The van der Waals surface area contributed by atoms with E-state index in [4.69, 9.17) is 9.47 Å². The van der Waals surface area contributed by atoms with Gasteiger partial charge in [-0.05, 0) is 18.2 Å². The molecule has 0 spiro atoms. The third kappa shape index (κ3) is 2.65. The Bertz CT molecular complexity index is 551. The summed E-state index contributed by atoms with van der Waals surface area (Å²) in [6.07, 6.45) is 2.52. The minimum absolute atomic E-state index is 0.270. The van der Waals surface area contributed by atoms with Gasteiger partial charge in [0, 0.05) is 12.6 Å². The number of aromatic nitrogens is 3. The molecular weight excluding hydrogens is 234 g/mol. The van der Waals surface area contributed by atoms with Crippen LogP contribution in [0.4, 0.5) is 0 Å². The van der Waals surface area contributed by atoms with Crippen LogP contribution in [0.1, 0.15) is 16.1 Å². The predicted molar refractivity (Wildman–Crippen MR) is 63.7 cm³/mol. The molecule has 0 atom stereocenters. The second-order valence-corrected chi connectivity index (χ2v) is 3.70.